The molecular formula is C20H21F3N2O5. The number of hydrogen-bond donors (Lipinski definition) is 1. The third-order valence-corrected chi connectivity index (χ3v) is 5.17. The summed E-state index contributed by atoms with van der Waals surface area (Å²) in [5.74, 6) is -2.74. The summed E-state index contributed by atoms with van der Waals surface area (Å²) in [5.41, 5.74) is 1.53. The molecule has 1 amide bonds. The minimum Gasteiger partial charge on any atom is -0.475 e. The number of carboxylic acids is 1. The van der Waals surface area contributed by atoms with Gasteiger partial charge >= 0.3 is 12.1 Å². The number of aliphatic carboxylic acids is 1. The van der Waals surface area contributed by atoms with Crippen molar-refractivity contribution in [1.82, 2.24) is 9.88 Å². The molecule has 162 valence electrons. The first kappa shape index (κ1) is 22.0. The highest BCUT2D eigenvalue weighted by molar-refractivity contribution is 5.97. The number of rotatable bonds is 2. The van der Waals surface area contributed by atoms with Gasteiger partial charge in [-0.25, -0.2) is 4.79 Å². The molecule has 2 fully saturated rings. The number of halogens is 3. The second kappa shape index (κ2) is 8.97. The quantitative estimate of drug-likeness (QED) is 0.795. The number of aromatic nitrogens is 1. The minimum atomic E-state index is -5.08. The van der Waals surface area contributed by atoms with Gasteiger partial charge in [0.05, 0.1) is 29.8 Å². The molecule has 1 N–H and O–H groups in total. The van der Waals surface area contributed by atoms with Crippen LogP contribution in [0.3, 0.4) is 0 Å². The molecule has 1 saturated heterocycles. The summed E-state index contributed by atoms with van der Waals surface area (Å²) in [4.78, 5) is 28.2. The van der Waals surface area contributed by atoms with Gasteiger partial charge in [0.15, 0.2) is 0 Å². The number of pyridine rings is 1. The number of carbonyl (C=O) groups excluding carboxylic acids is 1. The molecule has 30 heavy (non-hydrogen) atoms. The van der Waals surface area contributed by atoms with Crippen LogP contribution in [-0.2, 0) is 14.3 Å². The van der Waals surface area contributed by atoms with Gasteiger partial charge in [0.2, 0.25) is 0 Å². The normalized spacial score (nSPS) is 23.5. The molecule has 2 heterocycles. The Balaban J connectivity index is 0.000000318. The van der Waals surface area contributed by atoms with Crippen molar-refractivity contribution in [3.8, 4) is 0 Å². The Morgan fingerprint density at radius 3 is 2.63 bits per heavy atom. The van der Waals surface area contributed by atoms with Crippen LogP contribution in [0.25, 0.3) is 10.9 Å². The molecule has 2 bridgehead atoms. The van der Waals surface area contributed by atoms with Crippen LogP contribution in [0.1, 0.15) is 23.2 Å². The second-order valence-corrected chi connectivity index (χ2v) is 6.97. The minimum absolute atomic E-state index is 0.0152. The van der Waals surface area contributed by atoms with E-state index in [1.807, 2.05) is 35.2 Å². The number of nitrogens with zero attached hydrogens (tertiary/aromatic N) is 2. The average molecular weight is 426 g/mol. The number of methoxy groups -OCH3 is 1. The van der Waals surface area contributed by atoms with Gasteiger partial charge in [-0.3, -0.25) is 9.78 Å². The number of fused-ring (bicyclic) bond motifs is 3. The van der Waals surface area contributed by atoms with E-state index < -0.39 is 12.1 Å². The van der Waals surface area contributed by atoms with Crippen LogP contribution < -0.4 is 0 Å². The zero-order valence-electron chi connectivity index (χ0n) is 16.1. The number of alkyl halides is 3. The van der Waals surface area contributed by atoms with Crippen molar-refractivity contribution in [2.24, 2.45) is 0 Å². The maximum atomic E-state index is 13.0. The van der Waals surface area contributed by atoms with E-state index in [1.54, 1.807) is 13.3 Å². The van der Waals surface area contributed by atoms with Gasteiger partial charge in [0.1, 0.15) is 6.10 Å². The third-order valence-electron chi connectivity index (χ3n) is 5.17. The standard InChI is InChI=1S/C18H20N2O3.C2HF3O2/c1-22-17-15-6-7-16(17)23-9-8-20(15)18(21)13-10-12-4-2-3-5-14(12)19-11-13;3-2(4,5)1(6)7/h2-5,10-11,15-17H,6-9H2,1H3;(H,6,7). The van der Waals surface area contributed by atoms with E-state index in [0.717, 1.165) is 23.7 Å². The Morgan fingerprint density at radius 2 is 1.97 bits per heavy atom. The Morgan fingerprint density at radius 1 is 1.27 bits per heavy atom. The van der Waals surface area contributed by atoms with Crippen molar-refractivity contribution in [3.63, 3.8) is 0 Å². The first-order chi connectivity index (χ1) is 14.2. The van der Waals surface area contributed by atoms with Crippen molar-refractivity contribution in [3.05, 3.63) is 42.1 Å². The van der Waals surface area contributed by atoms with E-state index in [1.165, 1.54) is 0 Å². The van der Waals surface area contributed by atoms with E-state index in [2.05, 4.69) is 4.98 Å². The first-order valence-electron chi connectivity index (χ1n) is 9.32. The van der Waals surface area contributed by atoms with E-state index in [9.17, 15) is 18.0 Å². The van der Waals surface area contributed by atoms with Gasteiger partial charge in [-0.05, 0) is 25.0 Å². The number of benzene rings is 1. The first-order valence-corrected chi connectivity index (χ1v) is 9.32. The highest BCUT2D eigenvalue weighted by Gasteiger charge is 2.44. The lowest BCUT2D eigenvalue weighted by Gasteiger charge is -2.30. The highest BCUT2D eigenvalue weighted by atomic mass is 19.4. The number of ether oxygens (including phenoxy) is 2. The van der Waals surface area contributed by atoms with Gasteiger partial charge in [-0.15, -0.1) is 0 Å². The molecule has 1 aromatic carbocycles. The predicted molar refractivity (Wildman–Crippen MR) is 100 cm³/mol. The van der Waals surface area contributed by atoms with E-state index in [-0.39, 0.29) is 24.2 Å². The highest BCUT2D eigenvalue weighted by Crippen LogP contribution is 2.32. The van der Waals surface area contributed by atoms with Crippen molar-refractivity contribution >= 4 is 22.8 Å². The van der Waals surface area contributed by atoms with E-state index in [0.29, 0.717) is 18.7 Å². The summed E-state index contributed by atoms with van der Waals surface area (Å²) in [6.07, 6.45) is -1.46. The fourth-order valence-electron chi connectivity index (χ4n) is 3.81. The Kier molecular flexibility index (Phi) is 6.57. The maximum Gasteiger partial charge on any atom is 0.490 e. The topological polar surface area (TPSA) is 89.0 Å². The van der Waals surface area contributed by atoms with Crippen LogP contribution in [0.15, 0.2) is 36.5 Å². The molecular weight excluding hydrogens is 405 g/mol. The molecule has 4 rings (SSSR count). The molecule has 0 spiro atoms. The van der Waals surface area contributed by atoms with Crippen LogP contribution in [0, 0.1) is 0 Å². The lowest BCUT2D eigenvalue weighted by molar-refractivity contribution is -0.192. The Labute approximate surface area is 170 Å². The zero-order valence-corrected chi connectivity index (χ0v) is 16.1. The third kappa shape index (κ3) is 4.71. The van der Waals surface area contributed by atoms with Gasteiger partial charge in [0.25, 0.3) is 5.91 Å². The number of carbonyl (C=O) groups is 2. The Hall–Kier alpha value is -2.72. The number of carboxylic acid groups (broad SMARTS) is 1. The van der Waals surface area contributed by atoms with Crippen molar-refractivity contribution in [2.45, 2.75) is 37.3 Å². The molecule has 1 aliphatic heterocycles. The summed E-state index contributed by atoms with van der Waals surface area (Å²) in [7, 11) is 1.70. The van der Waals surface area contributed by atoms with Crippen molar-refractivity contribution in [2.75, 3.05) is 20.3 Å². The maximum absolute atomic E-state index is 13.0. The molecule has 1 aromatic heterocycles. The summed E-state index contributed by atoms with van der Waals surface area (Å²) in [6.45, 7) is 1.17. The molecule has 2 aliphatic rings. The van der Waals surface area contributed by atoms with E-state index in [4.69, 9.17) is 19.4 Å². The van der Waals surface area contributed by atoms with Crippen LogP contribution >= 0.6 is 0 Å². The number of amides is 1. The fraction of sp³-hybridized carbons (Fsp3) is 0.450. The summed E-state index contributed by atoms with van der Waals surface area (Å²) >= 11 is 0. The fourth-order valence-corrected chi connectivity index (χ4v) is 3.81. The summed E-state index contributed by atoms with van der Waals surface area (Å²) in [6, 6.07) is 9.85. The SMILES string of the molecule is COC1C2CCC1N(C(=O)c1cnc3ccccc3c1)CCO2.O=C(O)C(F)(F)F. The molecule has 1 aliphatic carbocycles. The van der Waals surface area contributed by atoms with E-state index >= 15 is 0 Å². The molecule has 1 saturated carbocycles. The van der Waals surface area contributed by atoms with Gasteiger partial charge in [-0.1, -0.05) is 18.2 Å². The van der Waals surface area contributed by atoms with Crippen LogP contribution in [-0.4, -0.2) is 71.6 Å². The largest absolute Gasteiger partial charge is 0.490 e. The molecule has 0 radical (unpaired) electrons. The van der Waals surface area contributed by atoms with Gasteiger partial charge in [0, 0.05) is 25.2 Å². The summed E-state index contributed by atoms with van der Waals surface area (Å²) < 4.78 is 43.2. The second-order valence-electron chi connectivity index (χ2n) is 6.97. The van der Waals surface area contributed by atoms with Crippen LogP contribution in [0.2, 0.25) is 0 Å². The predicted octanol–water partition coefficient (Wildman–Crippen LogP) is 2.89. The molecule has 7 nitrogen and oxygen atoms in total. The van der Waals surface area contributed by atoms with Crippen LogP contribution in [0.4, 0.5) is 13.2 Å². The molecule has 3 atom stereocenters. The lowest BCUT2D eigenvalue weighted by atomic mass is 10.1. The molecule has 3 unspecified atom stereocenters. The Bertz CT molecular complexity index is 921. The average Bonchev–Trinajstić information content (AvgIpc) is 3.02. The van der Waals surface area contributed by atoms with Crippen molar-refractivity contribution < 1.29 is 37.3 Å². The van der Waals surface area contributed by atoms with Crippen molar-refractivity contribution in [1.29, 1.82) is 0 Å². The molecule has 10 heteroatoms. The van der Waals surface area contributed by atoms with Gasteiger partial charge < -0.3 is 19.5 Å². The lowest BCUT2D eigenvalue weighted by Crippen LogP contribution is -2.46. The smallest absolute Gasteiger partial charge is 0.475 e. The summed E-state index contributed by atoms with van der Waals surface area (Å²) in [5, 5.41) is 8.11. The monoisotopic (exact) mass is 426 g/mol. The van der Waals surface area contributed by atoms with Gasteiger partial charge in [-0.2, -0.15) is 13.2 Å². The number of hydrogen-bond acceptors (Lipinski definition) is 5. The zero-order chi connectivity index (χ0) is 21.9. The number of para-hydroxylation sites is 1. The molecule has 2 aromatic rings. The van der Waals surface area contributed by atoms with Crippen LogP contribution in [0.5, 0.6) is 0 Å².